The Labute approximate surface area is 224 Å². The predicted molar refractivity (Wildman–Crippen MR) is 139 cm³/mol. The van der Waals surface area contributed by atoms with E-state index in [1.54, 1.807) is 6.07 Å². The van der Waals surface area contributed by atoms with Crippen LogP contribution in [0.3, 0.4) is 0 Å². The topological polar surface area (TPSA) is 197 Å². The van der Waals surface area contributed by atoms with E-state index >= 15 is 0 Å². The molecule has 0 spiro atoms. The SMILES string of the molecule is CC(=O)O/N=C(/CN1CCN(C(=O)c2ccc3c(c2)CCC(=O)N3)CC1)c1ccccc1.O.O=C(O)C(=O)O. The van der Waals surface area contributed by atoms with E-state index in [1.165, 1.54) is 6.92 Å². The van der Waals surface area contributed by atoms with Crippen molar-refractivity contribution in [1.82, 2.24) is 9.80 Å². The minimum atomic E-state index is -1.82. The fourth-order valence-electron chi connectivity index (χ4n) is 3.94. The molecule has 0 atom stereocenters. The number of benzene rings is 2. The maximum atomic E-state index is 13.0. The molecule has 0 aromatic heterocycles. The van der Waals surface area contributed by atoms with Gasteiger partial charge in [0.25, 0.3) is 5.91 Å². The summed E-state index contributed by atoms with van der Waals surface area (Å²) in [6.45, 7) is 4.44. The zero-order valence-corrected chi connectivity index (χ0v) is 21.3. The first kappa shape index (κ1) is 30.6. The number of anilines is 1. The monoisotopic (exact) mass is 542 g/mol. The van der Waals surface area contributed by atoms with Gasteiger partial charge >= 0.3 is 17.9 Å². The number of aryl methyl sites for hydroxylation is 1. The van der Waals surface area contributed by atoms with Gasteiger partial charge in [-0.15, -0.1) is 0 Å². The Morgan fingerprint density at radius 2 is 1.56 bits per heavy atom. The van der Waals surface area contributed by atoms with Crippen molar-refractivity contribution in [3.05, 3.63) is 65.2 Å². The minimum Gasteiger partial charge on any atom is -0.473 e. The summed E-state index contributed by atoms with van der Waals surface area (Å²) >= 11 is 0. The van der Waals surface area contributed by atoms with Gasteiger partial charge in [-0.3, -0.25) is 14.5 Å². The molecule has 13 heteroatoms. The summed E-state index contributed by atoms with van der Waals surface area (Å²) in [7, 11) is 0. The van der Waals surface area contributed by atoms with E-state index < -0.39 is 17.9 Å². The Morgan fingerprint density at radius 1 is 0.923 bits per heavy atom. The van der Waals surface area contributed by atoms with Crippen LogP contribution in [-0.2, 0) is 30.4 Å². The predicted octanol–water partition coefficient (Wildman–Crippen LogP) is 0.627. The molecule has 0 radical (unpaired) electrons. The molecule has 0 unspecified atom stereocenters. The summed E-state index contributed by atoms with van der Waals surface area (Å²) in [6.07, 6.45) is 1.10. The molecule has 1 fully saturated rings. The van der Waals surface area contributed by atoms with Crippen LogP contribution in [0.5, 0.6) is 0 Å². The zero-order valence-electron chi connectivity index (χ0n) is 21.3. The lowest BCUT2D eigenvalue weighted by atomic mass is 10.00. The molecule has 2 heterocycles. The largest absolute Gasteiger partial charge is 0.473 e. The van der Waals surface area contributed by atoms with E-state index in [2.05, 4.69) is 15.4 Å². The van der Waals surface area contributed by atoms with E-state index in [1.807, 2.05) is 47.4 Å². The van der Waals surface area contributed by atoms with Crippen molar-refractivity contribution in [2.24, 2.45) is 5.16 Å². The third-order valence-electron chi connectivity index (χ3n) is 5.85. The van der Waals surface area contributed by atoms with E-state index in [9.17, 15) is 14.4 Å². The molecular formula is C26H30N4O9. The summed E-state index contributed by atoms with van der Waals surface area (Å²) in [6, 6.07) is 15.1. The van der Waals surface area contributed by atoms with Crippen LogP contribution >= 0.6 is 0 Å². The van der Waals surface area contributed by atoms with E-state index in [4.69, 9.17) is 24.6 Å². The average Bonchev–Trinajstić information content (AvgIpc) is 2.91. The first-order valence-electron chi connectivity index (χ1n) is 11.8. The number of aliphatic carboxylic acids is 2. The molecule has 208 valence electrons. The highest BCUT2D eigenvalue weighted by Crippen LogP contribution is 2.24. The van der Waals surface area contributed by atoms with Crippen LogP contribution in [0.15, 0.2) is 53.7 Å². The highest BCUT2D eigenvalue weighted by molar-refractivity contribution is 6.27. The smallest absolute Gasteiger partial charge is 0.414 e. The van der Waals surface area contributed by atoms with Gasteiger partial charge in [-0.2, -0.15) is 0 Å². The van der Waals surface area contributed by atoms with Crippen LogP contribution in [0, 0.1) is 0 Å². The van der Waals surface area contributed by atoms with Crippen molar-refractivity contribution in [3.63, 3.8) is 0 Å². The summed E-state index contributed by atoms with van der Waals surface area (Å²) in [5.74, 6) is -4.09. The molecule has 2 aliphatic heterocycles. The molecule has 2 amide bonds. The van der Waals surface area contributed by atoms with Crippen LogP contribution in [0.2, 0.25) is 0 Å². The number of oxime groups is 1. The lowest BCUT2D eigenvalue weighted by Crippen LogP contribution is -2.50. The molecule has 2 aliphatic rings. The number of hydrogen-bond donors (Lipinski definition) is 3. The summed E-state index contributed by atoms with van der Waals surface area (Å²) in [5.41, 5.74) is 4.02. The van der Waals surface area contributed by atoms with Gasteiger partial charge in [0.2, 0.25) is 5.91 Å². The molecule has 1 saturated heterocycles. The van der Waals surface area contributed by atoms with E-state index in [0.717, 1.165) is 16.8 Å². The van der Waals surface area contributed by atoms with Gasteiger partial charge in [-0.25, -0.2) is 14.4 Å². The van der Waals surface area contributed by atoms with Crippen LogP contribution in [0.1, 0.15) is 34.8 Å². The number of rotatable bonds is 5. The second kappa shape index (κ2) is 14.4. The van der Waals surface area contributed by atoms with Gasteiger partial charge < -0.3 is 30.7 Å². The fourth-order valence-corrected chi connectivity index (χ4v) is 3.94. The fraction of sp³-hybridized carbons (Fsp3) is 0.308. The Balaban J connectivity index is 0.000000687. The molecule has 2 aromatic rings. The number of piperazine rings is 1. The lowest BCUT2D eigenvalue weighted by molar-refractivity contribution is -0.159. The van der Waals surface area contributed by atoms with Gasteiger partial charge in [-0.1, -0.05) is 35.5 Å². The Kier molecular flexibility index (Phi) is 11.3. The summed E-state index contributed by atoms with van der Waals surface area (Å²) in [5, 5.41) is 21.7. The number of amides is 2. The maximum Gasteiger partial charge on any atom is 0.414 e. The van der Waals surface area contributed by atoms with Gasteiger partial charge in [0.15, 0.2) is 0 Å². The number of nitrogens with zero attached hydrogens (tertiary/aromatic N) is 3. The average molecular weight is 543 g/mol. The molecule has 0 bridgehead atoms. The molecule has 5 N–H and O–H groups in total. The lowest BCUT2D eigenvalue weighted by Gasteiger charge is -2.35. The van der Waals surface area contributed by atoms with Crippen LogP contribution < -0.4 is 5.32 Å². The number of fused-ring (bicyclic) bond motifs is 1. The molecule has 4 rings (SSSR count). The molecule has 0 saturated carbocycles. The highest BCUT2D eigenvalue weighted by Gasteiger charge is 2.25. The van der Waals surface area contributed by atoms with Crippen LogP contribution in [0.4, 0.5) is 5.69 Å². The first-order valence-corrected chi connectivity index (χ1v) is 11.8. The number of carboxylic acid groups (broad SMARTS) is 2. The zero-order chi connectivity index (χ0) is 27.7. The summed E-state index contributed by atoms with van der Waals surface area (Å²) in [4.78, 5) is 62.9. The van der Waals surface area contributed by atoms with E-state index in [0.29, 0.717) is 56.8 Å². The van der Waals surface area contributed by atoms with Gasteiger partial charge in [0, 0.05) is 62.9 Å². The Bertz CT molecular complexity index is 1230. The van der Waals surface area contributed by atoms with Crippen LogP contribution in [0.25, 0.3) is 0 Å². The number of carbonyl (C=O) groups is 5. The number of carboxylic acids is 2. The third kappa shape index (κ3) is 9.02. The maximum absolute atomic E-state index is 13.0. The molecule has 39 heavy (non-hydrogen) atoms. The first-order chi connectivity index (χ1) is 18.1. The summed E-state index contributed by atoms with van der Waals surface area (Å²) < 4.78 is 0. The van der Waals surface area contributed by atoms with Crippen molar-refractivity contribution in [2.75, 3.05) is 38.0 Å². The van der Waals surface area contributed by atoms with Gasteiger partial charge in [0.1, 0.15) is 5.71 Å². The number of hydrogen-bond acceptors (Lipinski definition) is 8. The van der Waals surface area contributed by atoms with Crippen molar-refractivity contribution >= 4 is 41.1 Å². The molecule has 2 aromatic carbocycles. The Morgan fingerprint density at radius 3 is 2.15 bits per heavy atom. The number of carbonyl (C=O) groups excluding carboxylic acids is 3. The molecular weight excluding hydrogens is 512 g/mol. The molecule has 13 nitrogen and oxygen atoms in total. The minimum absolute atomic E-state index is 0. The van der Waals surface area contributed by atoms with Crippen molar-refractivity contribution in [3.8, 4) is 0 Å². The number of nitrogens with one attached hydrogen (secondary N) is 1. The Hall–Kier alpha value is -4.62. The van der Waals surface area contributed by atoms with Gasteiger partial charge in [-0.05, 0) is 30.2 Å². The standard InChI is InChI=1S/C24H26N4O4.C2H2O4.H2O/c1-17(29)32-26-22(18-5-3-2-4-6-18)16-27-11-13-28(14-12-27)24(31)20-7-9-21-19(15-20)8-10-23(30)25-21;3-1(4)2(5)6;/h2-7,9,15H,8,10-14,16H2,1H3,(H,25,30);(H,3,4)(H,5,6);1H2/b26-22-;;. The molecule has 0 aliphatic carbocycles. The van der Waals surface area contributed by atoms with Crippen molar-refractivity contribution in [1.29, 1.82) is 0 Å². The third-order valence-corrected chi connectivity index (χ3v) is 5.85. The highest BCUT2D eigenvalue weighted by atomic mass is 16.7. The van der Waals surface area contributed by atoms with Gasteiger partial charge in [0.05, 0.1) is 0 Å². The normalized spacial score (nSPS) is 14.9. The second-order valence-corrected chi connectivity index (χ2v) is 8.59. The second-order valence-electron chi connectivity index (χ2n) is 8.59. The van der Waals surface area contributed by atoms with Crippen molar-refractivity contribution < 1.29 is 44.5 Å². The van der Waals surface area contributed by atoms with Crippen molar-refractivity contribution in [2.45, 2.75) is 19.8 Å². The van der Waals surface area contributed by atoms with Crippen LogP contribution in [-0.4, -0.2) is 93.6 Å². The quantitative estimate of drug-likeness (QED) is 0.210. The van der Waals surface area contributed by atoms with E-state index in [-0.39, 0.29) is 17.3 Å².